The molecule has 0 spiro atoms. The second kappa shape index (κ2) is 8.20. The molecule has 30 heavy (non-hydrogen) atoms. The van der Waals surface area contributed by atoms with E-state index in [0.29, 0.717) is 34.0 Å². The van der Waals surface area contributed by atoms with Crippen molar-refractivity contribution in [3.05, 3.63) is 64.1 Å². The third-order valence-corrected chi connectivity index (χ3v) is 5.17. The third-order valence-electron chi connectivity index (χ3n) is 4.71. The number of halogens is 1. The quantitative estimate of drug-likeness (QED) is 0.352. The average Bonchev–Trinajstić information content (AvgIpc) is 3.17. The van der Waals surface area contributed by atoms with E-state index >= 15 is 0 Å². The number of rotatable bonds is 5. The number of hydrogen-bond donors (Lipinski definition) is 2. The molecule has 0 saturated heterocycles. The van der Waals surface area contributed by atoms with Crippen LogP contribution in [0.15, 0.2) is 62.4 Å². The van der Waals surface area contributed by atoms with Gasteiger partial charge < -0.3 is 19.4 Å². The zero-order valence-corrected chi connectivity index (χ0v) is 18.0. The first-order chi connectivity index (χ1) is 14.5. The first-order valence-corrected chi connectivity index (χ1v) is 10.1. The summed E-state index contributed by atoms with van der Waals surface area (Å²) >= 11 is 3.39. The van der Waals surface area contributed by atoms with Gasteiger partial charge in [-0.1, -0.05) is 28.9 Å². The van der Waals surface area contributed by atoms with Gasteiger partial charge in [-0.25, -0.2) is 4.98 Å². The Hall–Kier alpha value is -3.32. The summed E-state index contributed by atoms with van der Waals surface area (Å²) < 4.78 is 11.7. The lowest BCUT2D eigenvalue weighted by Gasteiger charge is -2.07. The Kier molecular flexibility index (Phi) is 5.46. The molecular formula is C23H19BrN2O4. The topological polar surface area (TPSA) is 88.1 Å². The second-order valence-electron chi connectivity index (χ2n) is 6.68. The number of aromatic hydroxyl groups is 2. The summed E-state index contributed by atoms with van der Waals surface area (Å²) in [5.74, 6) is 0.701. The SMILES string of the molecule is CCc1ccc2oc(-c3cc(N=Cc4cc(Br)cc(OC)c4O)ccc3O)nc2c1. The number of aryl methyl sites for hydroxylation is 1. The highest BCUT2D eigenvalue weighted by atomic mass is 79.9. The standard InChI is InChI=1S/C23H19BrN2O4/c1-3-13-4-7-20-18(8-13)26-23(30-20)17-11-16(5-6-19(17)27)25-12-14-9-15(24)10-21(29-2)22(14)28/h4-12,27-28H,3H2,1-2H3. The van der Waals surface area contributed by atoms with Crippen molar-refractivity contribution in [2.24, 2.45) is 4.99 Å². The molecule has 0 bridgehead atoms. The second-order valence-corrected chi connectivity index (χ2v) is 7.60. The number of aromatic nitrogens is 1. The van der Waals surface area contributed by atoms with E-state index < -0.39 is 0 Å². The number of methoxy groups -OCH3 is 1. The Balaban J connectivity index is 1.71. The van der Waals surface area contributed by atoms with Gasteiger partial charge in [-0.15, -0.1) is 0 Å². The first kappa shape index (κ1) is 20.0. The highest BCUT2D eigenvalue weighted by molar-refractivity contribution is 9.10. The number of hydrogen-bond acceptors (Lipinski definition) is 6. The van der Waals surface area contributed by atoms with Crippen LogP contribution in [0.1, 0.15) is 18.1 Å². The molecule has 1 heterocycles. The predicted octanol–water partition coefficient (Wildman–Crippen LogP) is 5.99. The van der Waals surface area contributed by atoms with E-state index in [4.69, 9.17) is 9.15 Å². The number of ether oxygens (including phenoxy) is 1. The molecule has 0 aliphatic heterocycles. The zero-order valence-electron chi connectivity index (χ0n) is 16.4. The van der Waals surface area contributed by atoms with Crippen molar-refractivity contribution in [2.45, 2.75) is 13.3 Å². The largest absolute Gasteiger partial charge is 0.507 e. The van der Waals surface area contributed by atoms with Gasteiger partial charge in [0.25, 0.3) is 0 Å². The molecule has 1 aromatic heterocycles. The van der Waals surface area contributed by atoms with E-state index in [1.807, 2.05) is 18.2 Å². The summed E-state index contributed by atoms with van der Waals surface area (Å²) in [5.41, 5.74) is 4.05. The maximum atomic E-state index is 10.3. The summed E-state index contributed by atoms with van der Waals surface area (Å²) in [7, 11) is 1.48. The van der Waals surface area contributed by atoms with Crippen LogP contribution >= 0.6 is 15.9 Å². The van der Waals surface area contributed by atoms with Gasteiger partial charge in [-0.3, -0.25) is 4.99 Å². The molecule has 0 amide bonds. The minimum atomic E-state index is -0.00543. The lowest BCUT2D eigenvalue weighted by atomic mass is 10.1. The maximum Gasteiger partial charge on any atom is 0.231 e. The molecule has 152 valence electrons. The van der Waals surface area contributed by atoms with Gasteiger partial charge in [-0.2, -0.15) is 0 Å². The Bertz CT molecular complexity index is 1260. The van der Waals surface area contributed by atoms with Gasteiger partial charge in [0.05, 0.1) is 18.4 Å². The van der Waals surface area contributed by atoms with Gasteiger partial charge in [-0.05, 0) is 54.4 Å². The number of aliphatic imine (C=N–C) groups is 1. The van der Waals surface area contributed by atoms with Crippen LogP contribution in [-0.4, -0.2) is 28.5 Å². The van der Waals surface area contributed by atoms with Crippen LogP contribution in [0.3, 0.4) is 0 Å². The maximum absolute atomic E-state index is 10.3. The molecule has 0 saturated carbocycles. The summed E-state index contributed by atoms with van der Waals surface area (Å²) in [4.78, 5) is 8.94. The molecule has 6 nitrogen and oxygen atoms in total. The van der Waals surface area contributed by atoms with E-state index in [9.17, 15) is 10.2 Å². The van der Waals surface area contributed by atoms with Crippen molar-refractivity contribution in [3.8, 4) is 28.7 Å². The van der Waals surface area contributed by atoms with Gasteiger partial charge in [0, 0.05) is 16.3 Å². The number of phenolic OH excluding ortho intramolecular Hbond substituents is 2. The number of phenols is 2. The van der Waals surface area contributed by atoms with Gasteiger partial charge in [0.1, 0.15) is 11.3 Å². The molecule has 0 aliphatic carbocycles. The van der Waals surface area contributed by atoms with Crippen LogP contribution in [0.4, 0.5) is 5.69 Å². The lowest BCUT2D eigenvalue weighted by Crippen LogP contribution is -1.89. The van der Waals surface area contributed by atoms with Crippen LogP contribution in [0, 0.1) is 0 Å². The molecule has 4 rings (SSSR count). The fourth-order valence-electron chi connectivity index (χ4n) is 3.08. The van der Waals surface area contributed by atoms with E-state index in [1.165, 1.54) is 19.4 Å². The zero-order chi connectivity index (χ0) is 21.3. The summed E-state index contributed by atoms with van der Waals surface area (Å²) in [6, 6.07) is 14.1. The molecule has 0 atom stereocenters. The Morgan fingerprint density at radius 2 is 1.97 bits per heavy atom. The van der Waals surface area contributed by atoms with Crippen molar-refractivity contribution in [1.29, 1.82) is 0 Å². The van der Waals surface area contributed by atoms with Gasteiger partial charge >= 0.3 is 0 Å². The average molecular weight is 467 g/mol. The van der Waals surface area contributed by atoms with Crippen LogP contribution in [0.25, 0.3) is 22.6 Å². The molecule has 0 fully saturated rings. The first-order valence-electron chi connectivity index (χ1n) is 9.32. The number of oxazole rings is 1. The van der Waals surface area contributed by atoms with Gasteiger partial charge in [0.15, 0.2) is 17.1 Å². The Morgan fingerprint density at radius 1 is 1.13 bits per heavy atom. The van der Waals surface area contributed by atoms with E-state index in [1.54, 1.807) is 24.3 Å². The number of fused-ring (bicyclic) bond motifs is 1. The molecule has 0 unspecified atom stereocenters. The molecule has 7 heteroatoms. The van der Waals surface area contributed by atoms with Crippen molar-refractivity contribution in [3.63, 3.8) is 0 Å². The molecule has 3 aromatic carbocycles. The molecular weight excluding hydrogens is 448 g/mol. The van der Waals surface area contributed by atoms with Crippen molar-refractivity contribution in [1.82, 2.24) is 4.98 Å². The monoisotopic (exact) mass is 466 g/mol. The van der Waals surface area contributed by atoms with E-state index in [0.717, 1.165) is 22.0 Å². The van der Waals surface area contributed by atoms with Crippen molar-refractivity contribution < 1.29 is 19.4 Å². The van der Waals surface area contributed by atoms with Crippen LogP contribution in [0.2, 0.25) is 0 Å². The fraction of sp³-hybridized carbons (Fsp3) is 0.130. The molecule has 2 N–H and O–H groups in total. The van der Waals surface area contributed by atoms with Crippen LogP contribution in [0.5, 0.6) is 17.2 Å². The molecule has 0 radical (unpaired) electrons. The van der Waals surface area contributed by atoms with Crippen molar-refractivity contribution in [2.75, 3.05) is 7.11 Å². The fourth-order valence-corrected chi connectivity index (χ4v) is 3.53. The van der Waals surface area contributed by atoms with Crippen LogP contribution in [-0.2, 0) is 6.42 Å². The van der Waals surface area contributed by atoms with Crippen LogP contribution < -0.4 is 4.74 Å². The summed E-state index contributed by atoms with van der Waals surface area (Å²) in [5, 5.41) is 20.6. The molecule has 4 aromatic rings. The minimum absolute atomic E-state index is 0.00543. The minimum Gasteiger partial charge on any atom is -0.507 e. The summed E-state index contributed by atoms with van der Waals surface area (Å²) in [6.45, 7) is 2.08. The van der Waals surface area contributed by atoms with E-state index in [-0.39, 0.29) is 11.5 Å². The Morgan fingerprint density at radius 3 is 2.73 bits per heavy atom. The predicted molar refractivity (Wildman–Crippen MR) is 120 cm³/mol. The highest BCUT2D eigenvalue weighted by Gasteiger charge is 2.14. The number of benzene rings is 3. The number of nitrogens with zero attached hydrogens (tertiary/aromatic N) is 2. The third kappa shape index (κ3) is 3.89. The lowest BCUT2D eigenvalue weighted by molar-refractivity contribution is 0.373. The normalized spacial score (nSPS) is 11.4. The van der Waals surface area contributed by atoms with Gasteiger partial charge in [0.2, 0.25) is 5.89 Å². The Labute approximate surface area is 181 Å². The highest BCUT2D eigenvalue weighted by Crippen LogP contribution is 2.35. The molecule has 0 aliphatic rings. The van der Waals surface area contributed by atoms with E-state index in [2.05, 4.69) is 32.8 Å². The van der Waals surface area contributed by atoms with Crippen molar-refractivity contribution >= 4 is 38.9 Å². The summed E-state index contributed by atoms with van der Waals surface area (Å²) in [6.07, 6.45) is 2.43. The smallest absolute Gasteiger partial charge is 0.231 e.